The van der Waals surface area contributed by atoms with Gasteiger partial charge in [0, 0.05) is 19.0 Å². The molecule has 2 aromatic carbocycles. The van der Waals surface area contributed by atoms with Crippen molar-refractivity contribution in [3.05, 3.63) is 53.5 Å². The number of carboxylic acid groups (broad SMARTS) is 2. The van der Waals surface area contributed by atoms with Crippen molar-refractivity contribution < 1.29 is 34.4 Å². The summed E-state index contributed by atoms with van der Waals surface area (Å²) in [6, 6.07) is 15.9. The summed E-state index contributed by atoms with van der Waals surface area (Å²) in [6.07, 6.45) is 1.78. The molecule has 1 aliphatic rings. The Bertz CT molecular complexity index is 1060. The van der Waals surface area contributed by atoms with Crippen LogP contribution < -0.4 is 9.47 Å². The van der Waals surface area contributed by atoms with Crippen molar-refractivity contribution in [3.8, 4) is 11.5 Å². The first kappa shape index (κ1) is 26.4. The molecule has 0 bridgehead atoms. The maximum absolute atomic E-state index is 10.5. The van der Waals surface area contributed by atoms with Crippen molar-refractivity contribution in [3.63, 3.8) is 0 Å². The summed E-state index contributed by atoms with van der Waals surface area (Å²) in [4.78, 5) is 25.4. The molecule has 0 saturated carbocycles. The van der Waals surface area contributed by atoms with E-state index in [0.29, 0.717) is 19.1 Å². The third-order valence-electron chi connectivity index (χ3n) is 5.39. The average Bonchev–Trinajstić information content (AvgIpc) is 3.29. The second kappa shape index (κ2) is 13.0. The number of fused-ring (bicyclic) bond motifs is 1. The van der Waals surface area contributed by atoms with Gasteiger partial charge in [0.2, 0.25) is 0 Å². The summed E-state index contributed by atoms with van der Waals surface area (Å²) >= 11 is 1.80. The van der Waals surface area contributed by atoms with Gasteiger partial charge in [-0.1, -0.05) is 12.1 Å². The number of ether oxygens (including phenoxy) is 2. The Morgan fingerprint density at radius 1 is 1.09 bits per heavy atom. The number of rotatable bonds is 8. The number of nitrogens with zero attached hydrogens (tertiary/aromatic N) is 2. The van der Waals surface area contributed by atoms with Crippen LogP contribution in [0.3, 0.4) is 0 Å². The molecule has 3 N–H and O–H groups in total. The number of aliphatic hydroxyl groups excluding tert-OH is 1. The SMILES string of the molecule is CCOc1ccc(OCC(O)CN2CCCC(c3nc4ccccc4s3)C2)cc1.O=C(O)C(=O)O. The number of β-amino-alcohol motifs (C(OH)–C–C–N with tert-alkyl or cyclic N) is 1. The van der Waals surface area contributed by atoms with E-state index in [4.69, 9.17) is 34.3 Å². The van der Waals surface area contributed by atoms with Crippen molar-refractivity contribution in [1.29, 1.82) is 0 Å². The predicted molar refractivity (Wildman–Crippen MR) is 132 cm³/mol. The molecule has 2 atom stereocenters. The van der Waals surface area contributed by atoms with Gasteiger partial charge in [-0.3, -0.25) is 4.90 Å². The fourth-order valence-corrected chi connectivity index (χ4v) is 4.92. The van der Waals surface area contributed by atoms with Crippen molar-refractivity contribution in [2.24, 2.45) is 0 Å². The standard InChI is InChI=1S/C23H28N2O3S.C2H2O4/c1-2-27-19-9-11-20(12-10-19)28-16-18(26)15-25-13-5-6-17(14-25)23-24-21-7-3-4-8-22(21)29-23;3-1(4)2(5)6/h3-4,7-12,17-18,26H,2,5-6,13-16H2,1H3;(H,3,4)(H,5,6). The summed E-state index contributed by atoms with van der Waals surface area (Å²) < 4.78 is 12.4. The van der Waals surface area contributed by atoms with Crippen molar-refractivity contribution in [2.75, 3.05) is 32.8 Å². The van der Waals surface area contributed by atoms with E-state index in [1.807, 2.05) is 37.3 Å². The van der Waals surface area contributed by atoms with E-state index in [-0.39, 0.29) is 6.61 Å². The van der Waals surface area contributed by atoms with Crippen LogP contribution in [-0.2, 0) is 9.59 Å². The number of aromatic nitrogens is 1. The lowest BCUT2D eigenvalue weighted by Gasteiger charge is -2.33. The summed E-state index contributed by atoms with van der Waals surface area (Å²) in [5.41, 5.74) is 1.09. The van der Waals surface area contributed by atoms with E-state index >= 15 is 0 Å². The van der Waals surface area contributed by atoms with Gasteiger partial charge in [0.1, 0.15) is 24.2 Å². The van der Waals surface area contributed by atoms with E-state index in [0.717, 1.165) is 42.9 Å². The highest BCUT2D eigenvalue weighted by atomic mass is 32.1. The first-order chi connectivity index (χ1) is 16.9. The highest BCUT2D eigenvalue weighted by molar-refractivity contribution is 7.18. The lowest BCUT2D eigenvalue weighted by atomic mass is 9.98. The van der Waals surface area contributed by atoms with Crippen LogP contribution in [0.4, 0.5) is 0 Å². The van der Waals surface area contributed by atoms with Crippen molar-refractivity contribution in [2.45, 2.75) is 31.8 Å². The molecule has 0 amide bonds. The number of aliphatic carboxylic acids is 2. The number of benzene rings is 2. The molecule has 3 aromatic rings. The number of thiazole rings is 1. The number of aliphatic hydroxyl groups is 1. The van der Waals surface area contributed by atoms with Gasteiger partial charge >= 0.3 is 11.9 Å². The highest BCUT2D eigenvalue weighted by Crippen LogP contribution is 2.33. The molecular formula is C25H30N2O7S. The maximum atomic E-state index is 10.5. The van der Waals surface area contributed by atoms with Crippen LogP contribution in [0, 0.1) is 0 Å². The molecule has 0 spiro atoms. The second-order valence-electron chi connectivity index (χ2n) is 8.10. The third-order valence-corrected chi connectivity index (χ3v) is 6.59. The number of likely N-dealkylation sites (tertiary alicyclic amines) is 1. The van der Waals surface area contributed by atoms with Gasteiger partial charge in [-0.05, 0) is 62.7 Å². The van der Waals surface area contributed by atoms with Crippen LogP contribution in [0.2, 0.25) is 0 Å². The Balaban J connectivity index is 0.000000509. The summed E-state index contributed by atoms with van der Waals surface area (Å²) in [5, 5.41) is 26.5. The number of carbonyl (C=O) groups is 2. The zero-order chi connectivity index (χ0) is 25.2. The van der Waals surface area contributed by atoms with Gasteiger partial charge < -0.3 is 24.8 Å². The van der Waals surface area contributed by atoms with E-state index in [9.17, 15) is 5.11 Å². The minimum Gasteiger partial charge on any atom is -0.494 e. The minimum absolute atomic E-state index is 0.288. The van der Waals surface area contributed by atoms with Crippen LogP contribution in [0.1, 0.15) is 30.7 Å². The Hall–Kier alpha value is -3.21. The van der Waals surface area contributed by atoms with Gasteiger partial charge in [0.05, 0.1) is 21.8 Å². The Labute approximate surface area is 207 Å². The van der Waals surface area contributed by atoms with Crippen LogP contribution in [0.5, 0.6) is 11.5 Å². The zero-order valence-electron chi connectivity index (χ0n) is 19.5. The number of hydrogen-bond acceptors (Lipinski definition) is 8. The van der Waals surface area contributed by atoms with E-state index in [1.165, 1.54) is 9.71 Å². The Kier molecular flexibility index (Phi) is 9.83. The van der Waals surface area contributed by atoms with Gasteiger partial charge in [-0.25, -0.2) is 14.6 Å². The summed E-state index contributed by atoms with van der Waals surface area (Å²) in [5.74, 6) is -1.63. The molecule has 1 fully saturated rings. The molecule has 9 nitrogen and oxygen atoms in total. The van der Waals surface area contributed by atoms with Gasteiger partial charge in [-0.2, -0.15) is 0 Å². The molecule has 1 aromatic heterocycles. The molecule has 35 heavy (non-hydrogen) atoms. The van der Waals surface area contributed by atoms with Crippen molar-refractivity contribution in [1.82, 2.24) is 9.88 Å². The fraction of sp³-hybridized carbons (Fsp3) is 0.400. The van der Waals surface area contributed by atoms with Crippen LogP contribution >= 0.6 is 11.3 Å². The van der Waals surface area contributed by atoms with Crippen molar-refractivity contribution >= 4 is 33.5 Å². The number of piperidine rings is 1. The highest BCUT2D eigenvalue weighted by Gasteiger charge is 2.25. The quantitative estimate of drug-likeness (QED) is 0.397. The zero-order valence-corrected chi connectivity index (χ0v) is 20.3. The molecule has 1 saturated heterocycles. The van der Waals surface area contributed by atoms with Gasteiger partial charge in [0.15, 0.2) is 0 Å². The molecule has 4 rings (SSSR count). The Morgan fingerprint density at radius 2 is 1.74 bits per heavy atom. The van der Waals surface area contributed by atoms with Crippen LogP contribution in [0.15, 0.2) is 48.5 Å². The lowest BCUT2D eigenvalue weighted by Crippen LogP contribution is -2.41. The third kappa shape index (κ3) is 8.20. The number of hydrogen-bond donors (Lipinski definition) is 3. The second-order valence-corrected chi connectivity index (χ2v) is 9.16. The van der Waals surface area contributed by atoms with Crippen LogP contribution in [0.25, 0.3) is 10.2 Å². The van der Waals surface area contributed by atoms with E-state index in [1.54, 1.807) is 11.3 Å². The summed E-state index contributed by atoms with van der Waals surface area (Å²) in [6.45, 7) is 5.48. The molecule has 188 valence electrons. The smallest absolute Gasteiger partial charge is 0.414 e. The van der Waals surface area contributed by atoms with E-state index < -0.39 is 18.0 Å². The first-order valence-corrected chi connectivity index (χ1v) is 12.2. The Morgan fingerprint density at radius 3 is 2.37 bits per heavy atom. The fourth-order valence-electron chi connectivity index (χ4n) is 3.83. The van der Waals surface area contributed by atoms with Gasteiger partial charge in [0.25, 0.3) is 0 Å². The molecule has 2 unspecified atom stereocenters. The molecular weight excluding hydrogens is 472 g/mol. The van der Waals surface area contributed by atoms with Gasteiger partial charge in [-0.15, -0.1) is 11.3 Å². The van der Waals surface area contributed by atoms with E-state index in [2.05, 4.69) is 23.1 Å². The largest absolute Gasteiger partial charge is 0.494 e. The normalized spacial score (nSPS) is 16.7. The summed E-state index contributed by atoms with van der Waals surface area (Å²) in [7, 11) is 0. The molecule has 2 heterocycles. The molecule has 0 radical (unpaired) electrons. The topological polar surface area (TPSA) is 129 Å². The molecule has 10 heteroatoms. The first-order valence-electron chi connectivity index (χ1n) is 11.4. The molecule has 0 aliphatic carbocycles. The lowest BCUT2D eigenvalue weighted by molar-refractivity contribution is -0.159. The maximum Gasteiger partial charge on any atom is 0.414 e. The number of carboxylic acids is 2. The minimum atomic E-state index is -1.82. The molecule has 1 aliphatic heterocycles. The predicted octanol–water partition coefficient (Wildman–Crippen LogP) is 3.47. The van der Waals surface area contributed by atoms with Crippen LogP contribution in [-0.4, -0.2) is 76.1 Å². The average molecular weight is 503 g/mol. The number of para-hydroxylation sites is 1. The monoisotopic (exact) mass is 502 g/mol.